The number of nitrogens with two attached hydrogens (primary N) is 1. The highest BCUT2D eigenvalue weighted by molar-refractivity contribution is 7.04. The quantitative estimate of drug-likeness (QED) is 0.717. The van der Waals surface area contributed by atoms with E-state index in [2.05, 4.69) is 18.2 Å². The molecule has 0 aromatic carbocycles. The highest BCUT2D eigenvalue weighted by Crippen LogP contribution is 2.20. The fourth-order valence-electron chi connectivity index (χ4n) is 0.692. The molecule has 0 atom stereocenters. The van der Waals surface area contributed by atoms with Gasteiger partial charge in [0.15, 0.2) is 0 Å². The van der Waals surface area contributed by atoms with Gasteiger partial charge in [0.05, 0.1) is 11.4 Å². The Morgan fingerprint density at radius 1 is 1.60 bits per heavy atom. The van der Waals surface area contributed by atoms with Crippen molar-refractivity contribution in [2.24, 2.45) is 0 Å². The van der Waals surface area contributed by atoms with Crippen molar-refractivity contribution < 1.29 is 0 Å². The number of nitrogen functional groups attached to an aromatic ring is 1. The minimum Gasteiger partial charge on any atom is -0.397 e. The summed E-state index contributed by atoms with van der Waals surface area (Å²) in [7, 11) is 0. The van der Waals surface area contributed by atoms with Crippen LogP contribution in [0.1, 0.15) is 25.5 Å². The number of halogens is 1. The van der Waals surface area contributed by atoms with Crippen LogP contribution in [0, 0.1) is 0 Å². The lowest BCUT2D eigenvalue weighted by atomic mass is 10.1. The molecule has 0 radical (unpaired) electrons. The molecule has 0 aliphatic heterocycles. The van der Waals surface area contributed by atoms with E-state index in [1.807, 2.05) is 5.38 Å². The summed E-state index contributed by atoms with van der Waals surface area (Å²) in [4.78, 5) is 0. The molecular weight excluding hydrogens is 168 g/mol. The number of aromatic nitrogens is 1. The molecule has 0 fully saturated rings. The van der Waals surface area contributed by atoms with Crippen molar-refractivity contribution in [3.05, 3.63) is 11.1 Å². The molecule has 0 aliphatic carbocycles. The predicted octanol–water partition coefficient (Wildman–Crippen LogP) is 2.27. The molecule has 1 aromatic rings. The van der Waals surface area contributed by atoms with Gasteiger partial charge in [-0.15, -0.1) is 12.4 Å². The smallest absolute Gasteiger partial charge is 0.0796 e. The zero-order valence-corrected chi connectivity index (χ0v) is 7.63. The molecular formula is C6H11ClN2S. The lowest BCUT2D eigenvalue weighted by Crippen LogP contribution is -1.92. The number of rotatable bonds is 1. The van der Waals surface area contributed by atoms with Crippen LogP contribution in [0.15, 0.2) is 5.38 Å². The minimum absolute atomic E-state index is 0. The Bertz CT molecular complexity index is 197. The second kappa shape index (κ2) is 3.78. The first-order valence-electron chi connectivity index (χ1n) is 2.91. The minimum atomic E-state index is 0. The Labute approximate surface area is 71.0 Å². The van der Waals surface area contributed by atoms with Crippen molar-refractivity contribution in [2.45, 2.75) is 19.8 Å². The highest BCUT2D eigenvalue weighted by Gasteiger charge is 2.04. The van der Waals surface area contributed by atoms with Crippen LogP contribution in [-0.2, 0) is 0 Å². The average molecular weight is 179 g/mol. The van der Waals surface area contributed by atoms with E-state index in [9.17, 15) is 0 Å². The van der Waals surface area contributed by atoms with Crippen molar-refractivity contribution in [2.75, 3.05) is 5.73 Å². The van der Waals surface area contributed by atoms with Crippen molar-refractivity contribution >= 4 is 29.6 Å². The molecule has 1 aromatic heterocycles. The summed E-state index contributed by atoms with van der Waals surface area (Å²) >= 11 is 1.42. The zero-order valence-electron chi connectivity index (χ0n) is 6.00. The summed E-state index contributed by atoms with van der Waals surface area (Å²) < 4.78 is 4.13. The third kappa shape index (κ3) is 1.85. The fraction of sp³-hybridized carbons (Fsp3) is 0.500. The number of hydrogen-bond acceptors (Lipinski definition) is 3. The van der Waals surface area contributed by atoms with Gasteiger partial charge in [-0.1, -0.05) is 13.8 Å². The monoisotopic (exact) mass is 178 g/mol. The topological polar surface area (TPSA) is 38.9 Å². The van der Waals surface area contributed by atoms with Crippen LogP contribution in [0.2, 0.25) is 0 Å². The third-order valence-corrected chi connectivity index (χ3v) is 1.83. The van der Waals surface area contributed by atoms with Crippen molar-refractivity contribution in [3.63, 3.8) is 0 Å². The predicted molar refractivity (Wildman–Crippen MR) is 47.9 cm³/mol. The van der Waals surface area contributed by atoms with E-state index in [-0.39, 0.29) is 12.4 Å². The highest BCUT2D eigenvalue weighted by atomic mass is 35.5. The molecule has 0 spiro atoms. The summed E-state index contributed by atoms with van der Waals surface area (Å²) in [5.41, 5.74) is 7.45. The number of anilines is 1. The molecule has 0 amide bonds. The molecule has 0 saturated heterocycles. The van der Waals surface area contributed by atoms with Gasteiger partial charge in [0.25, 0.3) is 0 Å². The van der Waals surface area contributed by atoms with E-state index < -0.39 is 0 Å². The van der Waals surface area contributed by atoms with Gasteiger partial charge in [-0.3, -0.25) is 0 Å². The fourth-order valence-corrected chi connectivity index (χ4v) is 1.41. The van der Waals surface area contributed by atoms with Crippen molar-refractivity contribution in [1.82, 2.24) is 4.37 Å². The summed E-state index contributed by atoms with van der Waals surface area (Å²) in [5.74, 6) is 0.455. The number of nitrogens with zero attached hydrogens (tertiary/aromatic N) is 1. The van der Waals surface area contributed by atoms with Crippen LogP contribution in [0.3, 0.4) is 0 Å². The van der Waals surface area contributed by atoms with E-state index >= 15 is 0 Å². The first-order chi connectivity index (χ1) is 4.22. The molecule has 1 rings (SSSR count). The van der Waals surface area contributed by atoms with Crippen LogP contribution in [0.25, 0.3) is 0 Å². The Balaban J connectivity index is 0.000000810. The maximum Gasteiger partial charge on any atom is 0.0796 e. The largest absolute Gasteiger partial charge is 0.397 e. The summed E-state index contributed by atoms with van der Waals surface area (Å²) in [6.07, 6.45) is 0. The van der Waals surface area contributed by atoms with Gasteiger partial charge < -0.3 is 5.73 Å². The van der Waals surface area contributed by atoms with Crippen molar-refractivity contribution in [3.8, 4) is 0 Å². The lowest BCUT2D eigenvalue weighted by Gasteiger charge is -1.98. The van der Waals surface area contributed by atoms with Gasteiger partial charge in [0, 0.05) is 5.38 Å². The summed E-state index contributed by atoms with van der Waals surface area (Å²) in [6.45, 7) is 4.18. The van der Waals surface area contributed by atoms with Gasteiger partial charge in [-0.05, 0) is 17.5 Å². The number of hydrogen-bond donors (Lipinski definition) is 1. The Hall–Kier alpha value is -0.280. The third-order valence-electron chi connectivity index (χ3n) is 1.17. The zero-order chi connectivity index (χ0) is 6.85. The van der Waals surface area contributed by atoms with Crippen LogP contribution >= 0.6 is 23.9 Å². The second-order valence-electron chi connectivity index (χ2n) is 2.31. The maximum absolute atomic E-state index is 5.59. The van der Waals surface area contributed by atoms with Crippen LogP contribution < -0.4 is 5.73 Å². The van der Waals surface area contributed by atoms with E-state index in [0.29, 0.717) is 5.92 Å². The molecule has 2 N–H and O–H groups in total. The Morgan fingerprint density at radius 2 is 2.20 bits per heavy atom. The second-order valence-corrected chi connectivity index (χ2v) is 2.94. The van der Waals surface area contributed by atoms with E-state index in [1.165, 1.54) is 11.5 Å². The average Bonchev–Trinajstić information content (AvgIpc) is 2.13. The van der Waals surface area contributed by atoms with Gasteiger partial charge in [-0.25, -0.2) is 0 Å². The van der Waals surface area contributed by atoms with Crippen LogP contribution in [-0.4, -0.2) is 4.37 Å². The van der Waals surface area contributed by atoms with E-state index in [0.717, 1.165) is 11.4 Å². The maximum atomic E-state index is 5.59. The molecule has 0 aliphatic rings. The van der Waals surface area contributed by atoms with E-state index in [1.54, 1.807) is 0 Å². The van der Waals surface area contributed by atoms with Gasteiger partial charge >= 0.3 is 0 Å². The van der Waals surface area contributed by atoms with Gasteiger partial charge in [0.2, 0.25) is 0 Å². The van der Waals surface area contributed by atoms with Crippen LogP contribution in [0.4, 0.5) is 5.69 Å². The Kier molecular flexibility index (Phi) is 3.68. The van der Waals surface area contributed by atoms with Gasteiger partial charge in [-0.2, -0.15) is 4.37 Å². The first-order valence-corrected chi connectivity index (χ1v) is 3.75. The molecule has 0 bridgehead atoms. The summed E-state index contributed by atoms with van der Waals surface area (Å²) in [5, 5.41) is 1.87. The van der Waals surface area contributed by atoms with Crippen molar-refractivity contribution in [1.29, 1.82) is 0 Å². The molecule has 0 saturated carbocycles. The normalized spacial score (nSPS) is 9.50. The standard InChI is InChI=1S/C6H10N2S.ClH/c1-4(2)6-5(7)3-9-8-6;/h3-4H,7H2,1-2H3;1H. The molecule has 1 heterocycles. The lowest BCUT2D eigenvalue weighted by molar-refractivity contribution is 0.844. The first kappa shape index (κ1) is 9.72. The van der Waals surface area contributed by atoms with Crippen LogP contribution in [0.5, 0.6) is 0 Å². The van der Waals surface area contributed by atoms with E-state index in [4.69, 9.17) is 5.73 Å². The molecule has 10 heavy (non-hydrogen) atoms. The molecule has 2 nitrogen and oxygen atoms in total. The van der Waals surface area contributed by atoms with Gasteiger partial charge in [0.1, 0.15) is 0 Å². The Morgan fingerprint density at radius 3 is 2.40 bits per heavy atom. The summed E-state index contributed by atoms with van der Waals surface area (Å²) in [6, 6.07) is 0. The SMILES string of the molecule is CC(C)c1nscc1N.Cl. The molecule has 0 unspecified atom stereocenters. The molecule has 58 valence electrons. The molecule has 4 heteroatoms.